The van der Waals surface area contributed by atoms with E-state index in [1.807, 2.05) is 22.6 Å². The quantitative estimate of drug-likeness (QED) is 0.376. The predicted molar refractivity (Wildman–Crippen MR) is 78.2 cm³/mol. The van der Waals surface area contributed by atoms with E-state index in [1.54, 1.807) is 12.3 Å². The van der Waals surface area contributed by atoms with Crippen molar-refractivity contribution in [1.29, 1.82) is 5.41 Å². The van der Waals surface area contributed by atoms with E-state index in [4.69, 9.17) is 5.41 Å². The largest absolute Gasteiger partial charge is 0.310 e. The number of nitrogens with one attached hydrogen (secondary N) is 1. The van der Waals surface area contributed by atoms with Crippen molar-refractivity contribution in [3.63, 3.8) is 0 Å². The van der Waals surface area contributed by atoms with Gasteiger partial charge >= 0.3 is 0 Å². The molecule has 0 bridgehead atoms. The molecule has 0 aliphatic heterocycles. The number of nitro groups is 1. The monoisotopic (exact) mass is 384 g/mol. The van der Waals surface area contributed by atoms with Crippen molar-refractivity contribution in [2.24, 2.45) is 0 Å². The van der Waals surface area contributed by atoms with Gasteiger partial charge in [0.25, 0.3) is 5.69 Å². The lowest BCUT2D eigenvalue weighted by Gasteiger charge is -2.05. The first-order valence-electron chi connectivity index (χ1n) is 5.52. The molecule has 0 saturated carbocycles. The first-order chi connectivity index (χ1) is 9.49. The van der Waals surface area contributed by atoms with E-state index in [2.05, 4.69) is 4.98 Å². The first-order valence-corrected chi connectivity index (χ1v) is 6.60. The van der Waals surface area contributed by atoms with Crippen molar-refractivity contribution in [2.75, 3.05) is 0 Å². The maximum Gasteiger partial charge on any atom is 0.283 e. The lowest BCUT2D eigenvalue weighted by Crippen LogP contribution is -2.25. The van der Waals surface area contributed by atoms with E-state index < -0.39 is 4.92 Å². The third-order valence-corrected chi connectivity index (χ3v) is 3.51. The van der Waals surface area contributed by atoms with Gasteiger partial charge in [0.15, 0.2) is 5.78 Å². The summed E-state index contributed by atoms with van der Waals surface area (Å²) in [5.41, 5.74) is 0.104. The summed E-state index contributed by atoms with van der Waals surface area (Å²) in [7, 11) is 0. The molecule has 1 N–H and O–H groups in total. The highest BCUT2D eigenvalue weighted by molar-refractivity contribution is 14.1. The van der Waals surface area contributed by atoms with E-state index in [9.17, 15) is 14.9 Å². The summed E-state index contributed by atoms with van der Waals surface area (Å²) in [4.78, 5) is 26.2. The summed E-state index contributed by atoms with van der Waals surface area (Å²) < 4.78 is 1.84. The second kappa shape index (κ2) is 5.90. The molecule has 2 rings (SSSR count). The number of carbonyl (C=O) groups excluding carboxylic acids is 1. The summed E-state index contributed by atoms with van der Waals surface area (Å²) >= 11 is 1.85. The minimum atomic E-state index is -0.522. The Balaban J connectivity index is 2.31. The Morgan fingerprint density at radius 1 is 1.50 bits per heavy atom. The van der Waals surface area contributed by atoms with Crippen LogP contribution in [0.2, 0.25) is 0 Å². The molecule has 0 radical (unpaired) electrons. The molecular formula is C12H9IN4O3. The number of halogens is 1. The van der Waals surface area contributed by atoms with Crippen LogP contribution in [0, 0.1) is 19.1 Å². The summed E-state index contributed by atoms with van der Waals surface area (Å²) in [5, 5.41) is 18.4. The molecule has 1 heterocycles. The molecule has 8 heteroatoms. The molecule has 2 aromatic rings. The molecule has 0 fully saturated rings. The van der Waals surface area contributed by atoms with Crippen LogP contribution in [-0.2, 0) is 6.54 Å². The van der Waals surface area contributed by atoms with Gasteiger partial charge in [0, 0.05) is 24.0 Å². The van der Waals surface area contributed by atoms with Gasteiger partial charge in [-0.25, -0.2) is 4.98 Å². The fraction of sp³-hybridized carbons (Fsp3) is 0.0833. The van der Waals surface area contributed by atoms with E-state index in [0.29, 0.717) is 3.57 Å². The van der Waals surface area contributed by atoms with Gasteiger partial charge in [-0.05, 0) is 40.8 Å². The lowest BCUT2D eigenvalue weighted by molar-refractivity contribution is -0.385. The van der Waals surface area contributed by atoms with E-state index in [0.717, 1.165) is 0 Å². The Bertz CT molecular complexity index is 741. The summed E-state index contributed by atoms with van der Waals surface area (Å²) in [5.74, 6) is -0.309. The van der Waals surface area contributed by atoms with E-state index in [-0.39, 0.29) is 29.2 Å². The van der Waals surface area contributed by atoms with Gasteiger partial charge < -0.3 is 4.57 Å². The Morgan fingerprint density at radius 3 is 2.90 bits per heavy atom. The van der Waals surface area contributed by atoms with Crippen LogP contribution in [-0.4, -0.2) is 20.3 Å². The molecule has 0 saturated heterocycles. The zero-order chi connectivity index (χ0) is 14.7. The second-order valence-electron chi connectivity index (χ2n) is 3.92. The molecule has 0 aliphatic carbocycles. The first kappa shape index (κ1) is 14.3. The van der Waals surface area contributed by atoms with Crippen molar-refractivity contribution in [3.05, 3.63) is 61.5 Å². The zero-order valence-corrected chi connectivity index (χ0v) is 12.3. The molecule has 1 aromatic heterocycles. The number of nitrogens with zero attached hydrogens (tertiary/aromatic N) is 3. The fourth-order valence-corrected chi connectivity index (χ4v) is 2.13. The number of aromatic nitrogens is 2. The Kier molecular flexibility index (Phi) is 4.23. The summed E-state index contributed by atoms with van der Waals surface area (Å²) in [6, 6.07) is 5.94. The molecule has 0 spiro atoms. The highest BCUT2D eigenvalue weighted by Crippen LogP contribution is 2.22. The molecule has 7 nitrogen and oxygen atoms in total. The number of benzene rings is 1. The predicted octanol–water partition coefficient (Wildman–Crippen LogP) is 1.76. The zero-order valence-electron chi connectivity index (χ0n) is 10.1. The van der Waals surface area contributed by atoms with Crippen molar-refractivity contribution < 1.29 is 9.72 Å². The van der Waals surface area contributed by atoms with Gasteiger partial charge in [-0.1, -0.05) is 0 Å². The van der Waals surface area contributed by atoms with Crippen molar-refractivity contribution >= 4 is 34.1 Å². The van der Waals surface area contributed by atoms with Crippen LogP contribution in [0.3, 0.4) is 0 Å². The maximum atomic E-state index is 12.1. The molecule has 20 heavy (non-hydrogen) atoms. The number of hydrogen-bond acceptors (Lipinski definition) is 5. The minimum Gasteiger partial charge on any atom is -0.310 e. The Labute approximate surface area is 127 Å². The number of rotatable bonds is 4. The summed E-state index contributed by atoms with van der Waals surface area (Å²) in [6.07, 6.45) is 3.02. The molecule has 0 amide bonds. The van der Waals surface area contributed by atoms with Gasteiger partial charge in [0.05, 0.1) is 15.0 Å². The highest BCUT2D eigenvalue weighted by Gasteiger charge is 2.16. The van der Waals surface area contributed by atoms with E-state index >= 15 is 0 Å². The average molecular weight is 384 g/mol. The lowest BCUT2D eigenvalue weighted by atomic mass is 10.1. The molecule has 102 valence electrons. The van der Waals surface area contributed by atoms with Crippen molar-refractivity contribution in [1.82, 2.24) is 9.55 Å². The van der Waals surface area contributed by atoms with Crippen LogP contribution in [0.15, 0.2) is 36.7 Å². The van der Waals surface area contributed by atoms with Gasteiger partial charge in [-0.2, -0.15) is 0 Å². The normalized spacial score (nSPS) is 10.2. The number of nitro benzene ring substituents is 1. The number of carbonyl (C=O) groups is 1. The smallest absolute Gasteiger partial charge is 0.283 e. The van der Waals surface area contributed by atoms with Gasteiger partial charge in [-0.15, -0.1) is 0 Å². The fourth-order valence-electron chi connectivity index (χ4n) is 1.60. The molecular weight excluding hydrogens is 375 g/mol. The van der Waals surface area contributed by atoms with E-state index in [1.165, 1.54) is 29.0 Å². The Morgan fingerprint density at radius 2 is 2.25 bits per heavy atom. The van der Waals surface area contributed by atoms with Crippen LogP contribution in [0.25, 0.3) is 0 Å². The second-order valence-corrected chi connectivity index (χ2v) is 5.08. The Hall–Kier alpha value is -2.10. The number of ketones is 1. The molecule has 0 unspecified atom stereocenters. The average Bonchev–Trinajstić information content (AvgIpc) is 2.41. The maximum absolute atomic E-state index is 12.1. The van der Waals surface area contributed by atoms with Crippen LogP contribution in [0.4, 0.5) is 5.69 Å². The SMILES string of the molecule is N=c1ncccn1CC(=O)c1ccc(I)c([N+](=O)[O-])c1. The summed E-state index contributed by atoms with van der Waals surface area (Å²) in [6.45, 7) is -0.0789. The van der Waals surface area contributed by atoms with Crippen LogP contribution >= 0.6 is 22.6 Å². The van der Waals surface area contributed by atoms with Gasteiger partial charge in [0.2, 0.25) is 5.62 Å². The minimum absolute atomic E-state index is 0.0409. The third kappa shape index (κ3) is 3.07. The van der Waals surface area contributed by atoms with Crippen molar-refractivity contribution in [3.8, 4) is 0 Å². The van der Waals surface area contributed by atoms with Crippen LogP contribution in [0.1, 0.15) is 10.4 Å². The number of hydrogen-bond donors (Lipinski definition) is 1. The van der Waals surface area contributed by atoms with Crippen molar-refractivity contribution in [2.45, 2.75) is 6.54 Å². The third-order valence-electron chi connectivity index (χ3n) is 2.60. The highest BCUT2D eigenvalue weighted by atomic mass is 127. The molecule has 0 aliphatic rings. The topological polar surface area (TPSA) is 102 Å². The molecule has 1 aromatic carbocycles. The van der Waals surface area contributed by atoms with Gasteiger partial charge in [-0.3, -0.25) is 20.3 Å². The molecule has 0 atom stereocenters. The van der Waals surface area contributed by atoms with Gasteiger partial charge in [0.1, 0.15) is 0 Å². The van der Waals surface area contributed by atoms with Crippen LogP contribution in [0.5, 0.6) is 0 Å². The van der Waals surface area contributed by atoms with Crippen LogP contribution < -0.4 is 5.62 Å². The standard InChI is InChI=1S/C12H9IN4O3/c13-9-3-2-8(6-10(9)17(19)20)11(18)7-16-5-1-4-15-12(16)14/h1-6,14H,7H2. The number of Topliss-reactive ketones (excluding diaryl/α,β-unsaturated/α-hetero) is 1.